The van der Waals surface area contributed by atoms with Crippen LogP contribution in [0.1, 0.15) is 25.0 Å². The lowest BCUT2D eigenvalue weighted by atomic mass is 10.1. The van der Waals surface area contributed by atoms with Gasteiger partial charge in [-0.05, 0) is 41.6 Å². The Balaban J connectivity index is 1.67. The number of aliphatic imine (C=N–C) groups is 3. The number of hydrogen-bond donors (Lipinski definition) is 2. The van der Waals surface area contributed by atoms with E-state index in [2.05, 4.69) is 30.2 Å². The number of ether oxygens (including phenoxy) is 3. The summed E-state index contributed by atoms with van der Waals surface area (Å²) in [4.78, 5) is 24.4. The van der Waals surface area contributed by atoms with E-state index >= 15 is 0 Å². The van der Waals surface area contributed by atoms with Crippen molar-refractivity contribution in [2.75, 3.05) is 13.0 Å². The second kappa shape index (κ2) is 16.7. The number of carbonyl (C=O) groups excluding carboxylic acids is 1. The Bertz CT molecular complexity index is 1560. The zero-order chi connectivity index (χ0) is 33.0. The van der Waals surface area contributed by atoms with Crippen LogP contribution in [-0.2, 0) is 9.53 Å². The second-order valence-electron chi connectivity index (χ2n) is 9.03. The molecule has 0 aliphatic rings. The van der Waals surface area contributed by atoms with Crippen LogP contribution < -0.4 is 20.6 Å². The molecule has 45 heavy (non-hydrogen) atoms. The average Bonchev–Trinajstić information content (AvgIpc) is 2.98. The molecule has 0 atom stereocenters. The molecule has 0 radical (unpaired) electrons. The average molecular weight is 684 g/mol. The van der Waals surface area contributed by atoms with Crippen LogP contribution in [0.15, 0.2) is 80.7 Å². The molecule has 0 spiro atoms. The summed E-state index contributed by atoms with van der Waals surface area (Å²) in [6.07, 6.45) is -2.06. The maximum atomic E-state index is 12.3. The van der Waals surface area contributed by atoms with E-state index < -0.39 is 6.36 Å². The predicted molar refractivity (Wildman–Crippen MR) is 173 cm³/mol. The van der Waals surface area contributed by atoms with Gasteiger partial charge in [0.2, 0.25) is 0 Å². The lowest BCUT2D eigenvalue weighted by Crippen LogP contribution is -2.17. The number of nitrogens with zero attached hydrogens (tertiary/aromatic N) is 4. The third-order valence-corrected chi connectivity index (χ3v) is 6.63. The largest absolute Gasteiger partial charge is 0.573 e. The van der Waals surface area contributed by atoms with E-state index in [-0.39, 0.29) is 50.3 Å². The van der Waals surface area contributed by atoms with Gasteiger partial charge in [0.05, 0.1) is 35.0 Å². The molecule has 0 unspecified atom stereocenters. The highest BCUT2D eigenvalue weighted by molar-refractivity contribution is 8.13. The van der Waals surface area contributed by atoms with Crippen LogP contribution in [0, 0.1) is 5.92 Å². The van der Waals surface area contributed by atoms with Crippen LogP contribution in [0.4, 0.5) is 24.5 Å². The number of amidine groups is 2. The Kier molecular flexibility index (Phi) is 13.1. The van der Waals surface area contributed by atoms with Crippen LogP contribution in [-0.4, -0.2) is 48.9 Å². The van der Waals surface area contributed by atoms with Gasteiger partial charge in [-0.15, -0.1) is 13.2 Å². The van der Waals surface area contributed by atoms with Crippen LogP contribution in [0.2, 0.25) is 10.0 Å². The van der Waals surface area contributed by atoms with Gasteiger partial charge in [0.1, 0.15) is 35.3 Å². The fourth-order valence-corrected chi connectivity index (χ4v) is 4.25. The van der Waals surface area contributed by atoms with Gasteiger partial charge < -0.3 is 19.9 Å². The summed E-state index contributed by atoms with van der Waals surface area (Å²) in [6.45, 7) is 3.45. The smallest absolute Gasteiger partial charge is 0.497 e. The first-order valence-electron chi connectivity index (χ1n) is 12.9. The van der Waals surface area contributed by atoms with Gasteiger partial charge in [-0.3, -0.25) is 10.2 Å². The normalized spacial score (nSPS) is 12.6. The topological polar surface area (TPSA) is 132 Å². The Morgan fingerprint density at radius 1 is 1.04 bits per heavy atom. The molecule has 0 aliphatic carbocycles. The molecule has 0 aromatic heterocycles. The first-order valence-corrected chi connectivity index (χ1v) is 14.6. The second-order valence-corrected chi connectivity index (χ2v) is 10.8. The van der Waals surface area contributed by atoms with E-state index in [4.69, 9.17) is 38.4 Å². The van der Waals surface area contributed by atoms with Gasteiger partial charge in [-0.25, -0.2) is 15.0 Å². The zero-order valence-electron chi connectivity index (χ0n) is 24.0. The number of esters is 1. The highest BCUT2D eigenvalue weighted by atomic mass is 35.5. The Morgan fingerprint density at radius 2 is 1.69 bits per heavy atom. The number of hydrazone groups is 1. The number of nitrogens with one attached hydrogen (secondary N) is 1. The molecular weight excluding hydrogens is 656 g/mol. The van der Waals surface area contributed by atoms with Crippen molar-refractivity contribution >= 4 is 75.9 Å². The Labute approximate surface area is 271 Å². The van der Waals surface area contributed by atoms with Crippen LogP contribution in [0.5, 0.6) is 11.5 Å². The minimum absolute atomic E-state index is 0.0296. The number of alkyl halides is 3. The Morgan fingerprint density at radius 3 is 2.27 bits per heavy atom. The molecule has 16 heteroatoms. The molecule has 0 heterocycles. The number of hydrogen-bond acceptors (Lipinski definition) is 8. The van der Waals surface area contributed by atoms with Crippen LogP contribution in [0.25, 0.3) is 0 Å². The molecule has 3 aromatic carbocycles. The van der Waals surface area contributed by atoms with Crippen molar-refractivity contribution in [1.82, 2.24) is 5.43 Å². The molecule has 0 aliphatic heterocycles. The number of benzene rings is 3. The Hall–Kier alpha value is -4.27. The summed E-state index contributed by atoms with van der Waals surface area (Å²) in [5.74, 6) is -0.424. The maximum Gasteiger partial charge on any atom is 0.573 e. The number of carbonyl (C=O) groups is 1. The number of thioether (sulfide) groups is 1. The molecule has 3 N–H and O–H groups in total. The molecule has 3 aromatic rings. The summed E-state index contributed by atoms with van der Waals surface area (Å²) in [5, 5.41) is 4.96. The summed E-state index contributed by atoms with van der Waals surface area (Å²) in [6, 6.07) is 15.0. The van der Waals surface area contributed by atoms with E-state index in [0.29, 0.717) is 22.6 Å². The minimum Gasteiger partial charge on any atom is -0.497 e. The van der Waals surface area contributed by atoms with Gasteiger partial charge in [0.15, 0.2) is 5.17 Å². The SMILES string of the molecule is COc1cc(Cl)c(N=C(N/N=C\c2ccc(C(N)=NC=Nc3ccc(OC(F)(F)F)cc3)cc2)SCOC(=O)C(C)C)c(Cl)c1. The zero-order valence-corrected chi connectivity index (χ0v) is 26.3. The van der Waals surface area contributed by atoms with Crippen molar-refractivity contribution in [3.8, 4) is 11.5 Å². The van der Waals surface area contributed by atoms with Gasteiger partial charge >= 0.3 is 12.3 Å². The van der Waals surface area contributed by atoms with Crippen LogP contribution >= 0.6 is 35.0 Å². The molecule has 0 saturated carbocycles. The maximum absolute atomic E-state index is 12.3. The molecule has 0 fully saturated rings. The van der Waals surface area contributed by atoms with Gasteiger partial charge in [0, 0.05) is 17.7 Å². The highest BCUT2D eigenvalue weighted by Gasteiger charge is 2.30. The molecule has 238 valence electrons. The molecule has 3 rings (SSSR count). The minimum atomic E-state index is -4.77. The fraction of sp³-hybridized carbons (Fsp3) is 0.207. The predicted octanol–water partition coefficient (Wildman–Crippen LogP) is 7.47. The van der Waals surface area contributed by atoms with Crippen molar-refractivity contribution in [2.45, 2.75) is 20.2 Å². The molecular formula is C29H27Cl2F3N6O4S. The van der Waals surface area contributed by atoms with Crippen molar-refractivity contribution in [1.29, 1.82) is 0 Å². The van der Waals surface area contributed by atoms with E-state index in [1.165, 1.54) is 31.8 Å². The molecule has 0 saturated heterocycles. The van der Waals surface area contributed by atoms with E-state index in [9.17, 15) is 18.0 Å². The third kappa shape index (κ3) is 12.0. The first kappa shape index (κ1) is 35.2. The lowest BCUT2D eigenvalue weighted by molar-refractivity contribution is -0.274. The molecule has 0 amide bonds. The van der Waals surface area contributed by atoms with Gasteiger partial charge in [-0.2, -0.15) is 5.10 Å². The summed E-state index contributed by atoms with van der Waals surface area (Å²) in [7, 11) is 1.49. The van der Waals surface area contributed by atoms with Crippen molar-refractivity contribution in [3.63, 3.8) is 0 Å². The van der Waals surface area contributed by atoms with Crippen molar-refractivity contribution in [2.24, 2.45) is 31.7 Å². The van der Waals surface area contributed by atoms with E-state index in [1.54, 1.807) is 50.2 Å². The van der Waals surface area contributed by atoms with Gasteiger partial charge in [0.25, 0.3) is 0 Å². The third-order valence-electron chi connectivity index (χ3n) is 5.36. The number of halogens is 5. The fourth-order valence-electron chi connectivity index (χ4n) is 3.14. The van der Waals surface area contributed by atoms with Crippen molar-refractivity contribution < 1.29 is 32.2 Å². The monoisotopic (exact) mass is 682 g/mol. The van der Waals surface area contributed by atoms with E-state index in [1.807, 2.05) is 0 Å². The summed E-state index contributed by atoms with van der Waals surface area (Å²) < 4.78 is 51.1. The van der Waals surface area contributed by atoms with Crippen molar-refractivity contribution in [3.05, 3.63) is 81.8 Å². The van der Waals surface area contributed by atoms with Gasteiger partial charge in [-0.1, -0.05) is 61.3 Å². The van der Waals surface area contributed by atoms with E-state index in [0.717, 1.165) is 23.9 Å². The lowest BCUT2D eigenvalue weighted by Gasteiger charge is -2.10. The summed E-state index contributed by atoms with van der Waals surface area (Å²) in [5.41, 5.74) is 10.8. The standard InChI is InChI=1S/C29H27Cl2F3N6O4S/c1-17(2)27(41)43-16-45-28(39-25-23(30)12-22(42-3)13-24(25)31)40-38-14-18-4-6-19(7-5-18)26(35)37-15-36-20-8-10-21(11-9-20)44-29(32,33)34/h4-15,17H,16H2,1-3H3,(H,39,40)(H2,35,36,37)/b38-14-. The highest BCUT2D eigenvalue weighted by Crippen LogP contribution is 2.37. The van der Waals surface area contributed by atoms with Crippen LogP contribution in [0.3, 0.4) is 0 Å². The molecule has 0 bridgehead atoms. The first-order chi connectivity index (χ1) is 21.3. The number of rotatable bonds is 11. The summed E-state index contributed by atoms with van der Waals surface area (Å²) >= 11 is 13.8. The number of methoxy groups -OCH3 is 1. The quantitative estimate of drug-likeness (QED) is 0.0705. The number of nitrogens with two attached hydrogens (primary N) is 1. The molecule has 10 nitrogen and oxygen atoms in total.